The smallest absolute Gasteiger partial charge is 0.191 e. The monoisotopic (exact) mass is 374 g/mol. The van der Waals surface area contributed by atoms with Crippen molar-refractivity contribution in [2.45, 2.75) is 38.1 Å². The van der Waals surface area contributed by atoms with Crippen LogP contribution in [-0.4, -0.2) is 26.4 Å². The first-order chi connectivity index (χ1) is 12.1. The second-order valence-electron chi connectivity index (χ2n) is 6.57. The van der Waals surface area contributed by atoms with E-state index in [0.717, 1.165) is 36.8 Å². The van der Waals surface area contributed by atoms with Crippen molar-refractivity contribution in [3.63, 3.8) is 0 Å². The third-order valence-electron chi connectivity index (χ3n) is 4.92. The summed E-state index contributed by atoms with van der Waals surface area (Å²) in [5, 5.41) is 4.78. The third-order valence-corrected chi connectivity index (χ3v) is 6.22. The minimum absolute atomic E-state index is 0.0389. The number of rotatable bonds is 4. The van der Waals surface area contributed by atoms with Gasteiger partial charge in [-0.3, -0.25) is 4.79 Å². The van der Waals surface area contributed by atoms with Crippen molar-refractivity contribution >= 4 is 34.2 Å². The van der Waals surface area contributed by atoms with Crippen molar-refractivity contribution in [1.29, 1.82) is 0 Å². The van der Waals surface area contributed by atoms with Gasteiger partial charge in [-0.25, -0.2) is 9.50 Å². The Kier molecular flexibility index (Phi) is 4.58. The normalized spacial score (nSPS) is 20.9. The Morgan fingerprint density at radius 1 is 1.36 bits per heavy atom. The van der Waals surface area contributed by atoms with Crippen LogP contribution in [0.15, 0.2) is 30.6 Å². The van der Waals surface area contributed by atoms with Gasteiger partial charge >= 0.3 is 0 Å². The lowest BCUT2D eigenvalue weighted by Gasteiger charge is -2.27. The molecule has 0 aliphatic heterocycles. The van der Waals surface area contributed by atoms with Gasteiger partial charge < -0.3 is 5.73 Å². The molecule has 1 saturated carbocycles. The number of hydrogen-bond donors (Lipinski definition) is 1. The van der Waals surface area contributed by atoms with E-state index in [2.05, 4.69) is 10.1 Å². The lowest BCUT2D eigenvalue weighted by Crippen LogP contribution is -2.34. The molecule has 0 unspecified atom stereocenters. The molecule has 130 valence electrons. The van der Waals surface area contributed by atoms with Crippen molar-refractivity contribution < 1.29 is 4.79 Å². The Balaban J connectivity index is 1.60. The summed E-state index contributed by atoms with van der Waals surface area (Å²) >= 11 is 7.64. The predicted molar refractivity (Wildman–Crippen MR) is 100 cm³/mol. The zero-order valence-electron chi connectivity index (χ0n) is 13.7. The molecule has 0 aromatic carbocycles. The number of carbonyl (C=O) groups is 1. The van der Waals surface area contributed by atoms with Crippen LogP contribution in [0.4, 0.5) is 0 Å². The van der Waals surface area contributed by atoms with Crippen LogP contribution < -0.4 is 5.73 Å². The van der Waals surface area contributed by atoms with Gasteiger partial charge in [0.15, 0.2) is 10.8 Å². The first-order valence-electron chi connectivity index (χ1n) is 8.51. The molecule has 2 atom stereocenters. The summed E-state index contributed by atoms with van der Waals surface area (Å²) < 4.78 is 2.29. The number of fused-ring (bicyclic) bond motifs is 1. The fourth-order valence-corrected chi connectivity index (χ4v) is 4.64. The van der Waals surface area contributed by atoms with Gasteiger partial charge in [0.1, 0.15) is 10.0 Å². The highest BCUT2D eigenvalue weighted by molar-refractivity contribution is 7.18. The molecule has 0 radical (unpaired) electrons. The van der Waals surface area contributed by atoms with Crippen molar-refractivity contribution in [3.05, 3.63) is 39.9 Å². The van der Waals surface area contributed by atoms with Gasteiger partial charge in [-0.15, -0.1) is 0 Å². The van der Waals surface area contributed by atoms with Gasteiger partial charge in [0.2, 0.25) is 0 Å². The van der Waals surface area contributed by atoms with E-state index in [4.69, 9.17) is 17.3 Å². The zero-order chi connectivity index (χ0) is 17.4. The number of Topliss-reactive ketones (excluding diaryl/α,β-unsaturated/α-hetero) is 1. The molecule has 7 heteroatoms. The molecule has 4 rings (SSSR count). The Hall–Kier alpha value is -1.76. The van der Waals surface area contributed by atoms with Crippen LogP contribution in [0.3, 0.4) is 0 Å². The lowest BCUT2D eigenvalue weighted by atomic mass is 9.82. The van der Waals surface area contributed by atoms with E-state index >= 15 is 0 Å². The van der Waals surface area contributed by atoms with Gasteiger partial charge in [0.05, 0.1) is 11.7 Å². The number of carbonyl (C=O) groups excluding carboxylic acids is 1. The summed E-state index contributed by atoms with van der Waals surface area (Å²) in [4.78, 5) is 17.2. The molecule has 2 N–H and O–H groups in total. The molecule has 1 fully saturated rings. The molecule has 0 bridgehead atoms. The van der Waals surface area contributed by atoms with Gasteiger partial charge in [-0.1, -0.05) is 41.8 Å². The largest absolute Gasteiger partial charge is 0.327 e. The summed E-state index contributed by atoms with van der Waals surface area (Å²) in [5.74, 6) is 0.293. The maximum atomic E-state index is 12.7. The number of halogens is 1. The van der Waals surface area contributed by atoms with Crippen LogP contribution in [0, 0.1) is 5.92 Å². The number of pyridine rings is 1. The lowest BCUT2D eigenvalue weighted by molar-refractivity contribution is 0.0942. The highest BCUT2D eigenvalue weighted by Crippen LogP contribution is 2.36. The SMILES string of the molecule is N[C@H]1CCCC[C@@H]1CC(=O)c1nc(-c2cnn3ccccc23)c(Cl)s1. The average Bonchev–Trinajstić information content (AvgIpc) is 3.20. The Labute approximate surface area is 154 Å². The van der Waals surface area contributed by atoms with Gasteiger partial charge in [-0.2, -0.15) is 5.10 Å². The van der Waals surface area contributed by atoms with E-state index in [-0.39, 0.29) is 17.7 Å². The van der Waals surface area contributed by atoms with Crippen LogP contribution in [0.2, 0.25) is 4.34 Å². The van der Waals surface area contributed by atoms with Crippen molar-refractivity contribution in [1.82, 2.24) is 14.6 Å². The minimum atomic E-state index is 0.0389. The predicted octanol–water partition coefficient (Wildman–Crippen LogP) is 4.20. The van der Waals surface area contributed by atoms with Crippen molar-refractivity contribution in [2.75, 3.05) is 0 Å². The molecule has 3 aromatic rings. The maximum Gasteiger partial charge on any atom is 0.191 e. The zero-order valence-corrected chi connectivity index (χ0v) is 15.3. The molecule has 0 spiro atoms. The summed E-state index contributed by atoms with van der Waals surface area (Å²) in [6.07, 6.45) is 8.40. The number of thiazole rings is 1. The first kappa shape index (κ1) is 16.7. The van der Waals surface area contributed by atoms with Gasteiger partial charge in [-0.05, 0) is 30.9 Å². The molecule has 0 saturated heterocycles. The molecular weight excluding hydrogens is 356 g/mol. The summed E-state index contributed by atoms with van der Waals surface area (Å²) in [5.41, 5.74) is 8.56. The number of aromatic nitrogens is 3. The fourth-order valence-electron chi connectivity index (χ4n) is 3.52. The van der Waals surface area contributed by atoms with E-state index in [9.17, 15) is 4.79 Å². The quantitative estimate of drug-likeness (QED) is 0.694. The fraction of sp³-hybridized carbons (Fsp3) is 0.389. The molecule has 0 amide bonds. The second-order valence-corrected chi connectivity index (χ2v) is 8.17. The minimum Gasteiger partial charge on any atom is -0.327 e. The van der Waals surface area contributed by atoms with Crippen LogP contribution in [-0.2, 0) is 0 Å². The van der Waals surface area contributed by atoms with E-state index < -0.39 is 0 Å². The molecule has 1 aliphatic rings. The number of hydrogen-bond acceptors (Lipinski definition) is 5. The molecule has 3 heterocycles. The summed E-state index contributed by atoms with van der Waals surface area (Å²) in [6, 6.07) is 5.93. The topological polar surface area (TPSA) is 73.3 Å². The number of nitrogens with two attached hydrogens (primary N) is 1. The van der Waals surface area contributed by atoms with Gasteiger partial charge in [0.25, 0.3) is 0 Å². The van der Waals surface area contributed by atoms with Crippen LogP contribution in [0.1, 0.15) is 41.9 Å². The Morgan fingerprint density at radius 2 is 2.20 bits per heavy atom. The van der Waals surface area contributed by atoms with Gasteiger partial charge in [0, 0.05) is 24.2 Å². The molecule has 3 aromatic heterocycles. The molecule has 5 nitrogen and oxygen atoms in total. The van der Waals surface area contributed by atoms with E-state index in [1.165, 1.54) is 11.3 Å². The highest BCUT2D eigenvalue weighted by Gasteiger charge is 2.27. The standard InChI is InChI=1S/C18H19ClN4OS/c19-17-16(12-10-21-23-8-4-3-7-14(12)23)22-18(25-17)15(24)9-11-5-1-2-6-13(11)20/h3-4,7-8,10-11,13H,1-2,5-6,9,20H2/t11-,13+/m1/s1. The van der Waals surface area contributed by atoms with Crippen molar-refractivity contribution in [2.24, 2.45) is 11.7 Å². The van der Waals surface area contributed by atoms with E-state index in [0.29, 0.717) is 21.5 Å². The van der Waals surface area contributed by atoms with E-state index in [1.54, 1.807) is 10.7 Å². The summed E-state index contributed by atoms with van der Waals surface area (Å²) in [6.45, 7) is 0. The average molecular weight is 375 g/mol. The summed E-state index contributed by atoms with van der Waals surface area (Å²) in [7, 11) is 0. The third kappa shape index (κ3) is 3.21. The number of nitrogens with zero attached hydrogens (tertiary/aromatic N) is 3. The van der Waals surface area contributed by atoms with Crippen molar-refractivity contribution in [3.8, 4) is 11.3 Å². The second kappa shape index (κ2) is 6.86. The van der Waals surface area contributed by atoms with Crippen LogP contribution in [0.25, 0.3) is 16.8 Å². The van der Waals surface area contributed by atoms with Crippen LogP contribution in [0.5, 0.6) is 0 Å². The Morgan fingerprint density at radius 3 is 3.04 bits per heavy atom. The maximum absolute atomic E-state index is 12.7. The first-order valence-corrected chi connectivity index (χ1v) is 9.71. The molecule has 25 heavy (non-hydrogen) atoms. The number of ketones is 1. The van der Waals surface area contributed by atoms with Crippen LogP contribution >= 0.6 is 22.9 Å². The highest BCUT2D eigenvalue weighted by atomic mass is 35.5. The van der Waals surface area contributed by atoms with E-state index in [1.807, 2.05) is 24.4 Å². The Bertz CT molecular complexity index is 919. The molecule has 1 aliphatic carbocycles. The molecular formula is C18H19ClN4OS.